The van der Waals surface area contributed by atoms with E-state index in [2.05, 4.69) is 15.4 Å². The maximum absolute atomic E-state index is 12.6. The van der Waals surface area contributed by atoms with Gasteiger partial charge in [0, 0.05) is 24.2 Å². The van der Waals surface area contributed by atoms with Crippen molar-refractivity contribution in [1.29, 1.82) is 0 Å². The van der Waals surface area contributed by atoms with E-state index in [1.165, 1.54) is 6.33 Å². The van der Waals surface area contributed by atoms with E-state index in [0.717, 1.165) is 24.3 Å². The van der Waals surface area contributed by atoms with Crippen molar-refractivity contribution in [2.45, 2.75) is 12.8 Å². The van der Waals surface area contributed by atoms with Gasteiger partial charge in [0.2, 0.25) is 5.91 Å². The molecule has 1 aliphatic heterocycles. The molecule has 0 atom stereocenters. The molecule has 0 spiro atoms. The molecule has 0 saturated carbocycles. The minimum Gasteiger partial charge on any atom is -0.320 e. The number of hydrogen-bond donors (Lipinski definition) is 1. The highest BCUT2D eigenvalue weighted by molar-refractivity contribution is 6.05. The molecule has 1 aromatic heterocycles. The predicted octanol–water partition coefficient (Wildman–Crippen LogP) is 2.65. The van der Waals surface area contributed by atoms with Crippen LogP contribution in [-0.4, -0.2) is 33.1 Å². The van der Waals surface area contributed by atoms with Crippen LogP contribution in [0.25, 0.3) is 5.69 Å². The number of anilines is 2. The number of rotatable bonds is 4. The Morgan fingerprint density at radius 1 is 1.08 bits per heavy atom. The van der Waals surface area contributed by atoms with Crippen molar-refractivity contribution in [1.82, 2.24) is 14.8 Å². The zero-order valence-corrected chi connectivity index (χ0v) is 14.0. The monoisotopic (exact) mass is 347 g/mol. The molecule has 1 aliphatic rings. The molecule has 7 heteroatoms. The molecule has 2 amide bonds. The molecule has 7 nitrogen and oxygen atoms in total. The van der Waals surface area contributed by atoms with Gasteiger partial charge in [0.05, 0.1) is 11.4 Å². The van der Waals surface area contributed by atoms with E-state index >= 15 is 0 Å². The molecular formula is C19H17N5O2. The summed E-state index contributed by atoms with van der Waals surface area (Å²) in [5, 5.41) is 7.01. The third-order valence-electron chi connectivity index (χ3n) is 4.33. The Hall–Kier alpha value is -3.48. The molecule has 3 aromatic rings. The fourth-order valence-electron chi connectivity index (χ4n) is 3.02. The molecule has 26 heavy (non-hydrogen) atoms. The first-order valence-corrected chi connectivity index (χ1v) is 8.38. The highest BCUT2D eigenvalue weighted by atomic mass is 16.2. The molecule has 1 saturated heterocycles. The molecule has 0 aliphatic carbocycles. The lowest BCUT2D eigenvalue weighted by atomic mass is 10.1. The van der Waals surface area contributed by atoms with Crippen molar-refractivity contribution in [2.24, 2.45) is 0 Å². The van der Waals surface area contributed by atoms with Crippen molar-refractivity contribution in [3.8, 4) is 5.69 Å². The molecule has 4 rings (SSSR count). The van der Waals surface area contributed by atoms with Gasteiger partial charge in [-0.25, -0.2) is 9.67 Å². The molecule has 2 heterocycles. The highest BCUT2D eigenvalue weighted by Gasteiger charge is 2.21. The number of carbonyl (C=O) groups excluding carboxylic acids is 2. The summed E-state index contributed by atoms with van der Waals surface area (Å²) < 4.78 is 1.59. The first-order chi connectivity index (χ1) is 12.7. The maximum atomic E-state index is 12.6. The van der Waals surface area contributed by atoms with Crippen LogP contribution in [0.15, 0.2) is 61.2 Å². The van der Waals surface area contributed by atoms with Gasteiger partial charge in [-0.15, -0.1) is 0 Å². The SMILES string of the molecule is O=C(Nc1ccccc1-n1cncn1)c1ccc(N2CCCC2=O)cc1. The molecular weight excluding hydrogens is 330 g/mol. The number of nitrogens with one attached hydrogen (secondary N) is 1. The lowest BCUT2D eigenvalue weighted by Crippen LogP contribution is -2.23. The minimum absolute atomic E-state index is 0.129. The van der Waals surface area contributed by atoms with Gasteiger partial charge >= 0.3 is 0 Å². The standard InChI is InChI=1S/C19H17N5O2/c25-18-6-3-11-23(18)15-9-7-14(8-10-15)19(26)22-16-4-1-2-5-17(16)24-13-20-12-21-24/h1-2,4-5,7-10,12-13H,3,6,11H2,(H,22,26). The van der Waals surface area contributed by atoms with Gasteiger partial charge in [0.25, 0.3) is 5.91 Å². The number of hydrogen-bond acceptors (Lipinski definition) is 4. The van der Waals surface area contributed by atoms with Crippen molar-refractivity contribution in [3.05, 3.63) is 66.7 Å². The summed E-state index contributed by atoms with van der Waals surface area (Å²) in [4.78, 5) is 30.1. The van der Waals surface area contributed by atoms with Crippen molar-refractivity contribution in [3.63, 3.8) is 0 Å². The number of benzene rings is 2. The van der Waals surface area contributed by atoms with Crippen LogP contribution >= 0.6 is 0 Å². The quantitative estimate of drug-likeness (QED) is 0.787. The minimum atomic E-state index is -0.225. The maximum Gasteiger partial charge on any atom is 0.255 e. The average Bonchev–Trinajstić information content (AvgIpc) is 3.34. The number of nitrogens with zero attached hydrogens (tertiary/aromatic N) is 4. The first kappa shape index (κ1) is 16.0. The zero-order valence-electron chi connectivity index (χ0n) is 14.0. The van der Waals surface area contributed by atoms with E-state index < -0.39 is 0 Å². The molecule has 0 unspecified atom stereocenters. The summed E-state index contributed by atoms with van der Waals surface area (Å²) in [5.41, 5.74) is 2.72. The second kappa shape index (κ2) is 6.79. The van der Waals surface area contributed by atoms with E-state index in [-0.39, 0.29) is 11.8 Å². The van der Waals surface area contributed by atoms with Crippen molar-refractivity contribution in [2.75, 3.05) is 16.8 Å². The van der Waals surface area contributed by atoms with Crippen LogP contribution in [0, 0.1) is 0 Å². The Balaban J connectivity index is 1.53. The van der Waals surface area contributed by atoms with E-state index in [9.17, 15) is 9.59 Å². The van der Waals surface area contributed by atoms with Crippen molar-refractivity contribution < 1.29 is 9.59 Å². The van der Waals surface area contributed by atoms with Gasteiger partial charge in [-0.05, 0) is 42.8 Å². The van der Waals surface area contributed by atoms with Gasteiger partial charge in [0.15, 0.2) is 0 Å². The fourth-order valence-corrected chi connectivity index (χ4v) is 3.02. The van der Waals surface area contributed by atoms with Gasteiger partial charge in [0.1, 0.15) is 12.7 Å². The van der Waals surface area contributed by atoms with Gasteiger partial charge in [-0.1, -0.05) is 12.1 Å². The van der Waals surface area contributed by atoms with Gasteiger partial charge in [-0.3, -0.25) is 9.59 Å². The summed E-state index contributed by atoms with van der Waals surface area (Å²) in [6, 6.07) is 14.5. The smallest absolute Gasteiger partial charge is 0.255 e. The average molecular weight is 347 g/mol. The Labute approximate surface area is 150 Å². The second-order valence-electron chi connectivity index (χ2n) is 6.01. The Morgan fingerprint density at radius 3 is 2.58 bits per heavy atom. The highest BCUT2D eigenvalue weighted by Crippen LogP contribution is 2.23. The summed E-state index contributed by atoms with van der Waals surface area (Å²) in [6.45, 7) is 0.732. The molecule has 0 radical (unpaired) electrons. The number of carbonyl (C=O) groups is 2. The van der Waals surface area contributed by atoms with Crippen LogP contribution in [0.4, 0.5) is 11.4 Å². The van der Waals surface area contributed by atoms with E-state index in [1.54, 1.807) is 28.0 Å². The molecule has 0 bridgehead atoms. The Bertz CT molecular complexity index is 935. The lowest BCUT2D eigenvalue weighted by molar-refractivity contribution is -0.117. The van der Waals surface area contributed by atoms with E-state index in [0.29, 0.717) is 17.7 Å². The van der Waals surface area contributed by atoms with Crippen LogP contribution in [0.2, 0.25) is 0 Å². The van der Waals surface area contributed by atoms with Gasteiger partial charge in [-0.2, -0.15) is 5.10 Å². The van der Waals surface area contributed by atoms with E-state index in [4.69, 9.17) is 0 Å². The van der Waals surface area contributed by atoms with Crippen LogP contribution in [0.1, 0.15) is 23.2 Å². The van der Waals surface area contributed by atoms with Crippen LogP contribution in [-0.2, 0) is 4.79 Å². The summed E-state index contributed by atoms with van der Waals surface area (Å²) in [7, 11) is 0. The third kappa shape index (κ3) is 3.06. The second-order valence-corrected chi connectivity index (χ2v) is 6.01. The predicted molar refractivity (Wildman–Crippen MR) is 97.3 cm³/mol. The topological polar surface area (TPSA) is 80.1 Å². The number of amides is 2. The normalized spacial score (nSPS) is 13.8. The molecule has 2 aromatic carbocycles. The third-order valence-corrected chi connectivity index (χ3v) is 4.33. The summed E-state index contributed by atoms with van der Waals surface area (Å²) in [6.07, 6.45) is 4.48. The number of para-hydroxylation sites is 2. The Kier molecular flexibility index (Phi) is 4.18. The lowest BCUT2D eigenvalue weighted by Gasteiger charge is -2.16. The molecule has 130 valence electrons. The Morgan fingerprint density at radius 2 is 1.88 bits per heavy atom. The zero-order chi connectivity index (χ0) is 17.9. The summed E-state index contributed by atoms with van der Waals surface area (Å²) >= 11 is 0. The molecule has 1 N–H and O–H groups in total. The summed E-state index contributed by atoms with van der Waals surface area (Å²) in [5.74, 6) is -0.0965. The first-order valence-electron chi connectivity index (χ1n) is 8.38. The fraction of sp³-hybridized carbons (Fsp3) is 0.158. The van der Waals surface area contributed by atoms with Crippen LogP contribution < -0.4 is 10.2 Å². The van der Waals surface area contributed by atoms with Crippen LogP contribution in [0.3, 0.4) is 0 Å². The van der Waals surface area contributed by atoms with Crippen LogP contribution in [0.5, 0.6) is 0 Å². The van der Waals surface area contributed by atoms with E-state index in [1.807, 2.05) is 36.4 Å². The van der Waals surface area contributed by atoms with Crippen molar-refractivity contribution >= 4 is 23.2 Å². The van der Waals surface area contributed by atoms with Gasteiger partial charge < -0.3 is 10.2 Å². The number of aromatic nitrogens is 3. The molecule has 1 fully saturated rings. The largest absolute Gasteiger partial charge is 0.320 e.